The number of morpholine rings is 1. The lowest BCUT2D eigenvalue weighted by molar-refractivity contribution is -0.142. The molecule has 1 aliphatic heterocycles. The fraction of sp³-hybridized carbons (Fsp3) is 0.467. The van der Waals surface area contributed by atoms with Gasteiger partial charge in [0.15, 0.2) is 0 Å². The molecule has 2 N–H and O–H groups in total. The molecule has 1 amide bonds. The van der Waals surface area contributed by atoms with Crippen LogP contribution in [0, 0.1) is 0 Å². The first-order valence-electron chi connectivity index (χ1n) is 7.00. The number of ether oxygens (including phenoxy) is 1. The highest BCUT2D eigenvalue weighted by Crippen LogP contribution is 2.08. The number of carbonyl (C=O) groups is 2. The van der Waals surface area contributed by atoms with E-state index in [1.165, 1.54) is 0 Å². The molecule has 0 spiro atoms. The van der Waals surface area contributed by atoms with Crippen LogP contribution in [-0.4, -0.2) is 54.2 Å². The van der Waals surface area contributed by atoms with E-state index in [-0.39, 0.29) is 25.0 Å². The van der Waals surface area contributed by atoms with E-state index in [0.717, 1.165) is 5.56 Å². The van der Waals surface area contributed by atoms with Gasteiger partial charge in [-0.05, 0) is 5.56 Å². The maximum atomic E-state index is 11.9. The Morgan fingerprint density at radius 3 is 2.81 bits per heavy atom. The lowest BCUT2D eigenvalue weighted by atomic mass is 10.2. The van der Waals surface area contributed by atoms with Crippen LogP contribution in [0.25, 0.3) is 0 Å². The molecule has 0 bridgehead atoms. The number of carbonyl (C=O) groups excluding carboxylic acids is 1. The fourth-order valence-corrected chi connectivity index (χ4v) is 2.30. The molecule has 114 valence electrons. The Hall–Kier alpha value is -1.92. The van der Waals surface area contributed by atoms with Crippen molar-refractivity contribution in [3.8, 4) is 0 Å². The minimum atomic E-state index is -0.879. The van der Waals surface area contributed by atoms with E-state index in [9.17, 15) is 9.59 Å². The number of benzene rings is 1. The van der Waals surface area contributed by atoms with E-state index in [2.05, 4.69) is 5.32 Å². The summed E-state index contributed by atoms with van der Waals surface area (Å²) in [5.74, 6) is -0.940. The molecule has 0 aromatic heterocycles. The Morgan fingerprint density at radius 2 is 2.10 bits per heavy atom. The van der Waals surface area contributed by atoms with Crippen LogP contribution in [0.1, 0.15) is 12.0 Å². The molecule has 0 saturated carbocycles. The van der Waals surface area contributed by atoms with Gasteiger partial charge in [-0.25, -0.2) is 0 Å². The van der Waals surface area contributed by atoms with Crippen molar-refractivity contribution < 1.29 is 19.4 Å². The quantitative estimate of drug-likeness (QED) is 0.797. The number of rotatable bonds is 6. The lowest BCUT2D eigenvalue weighted by Crippen LogP contribution is -2.47. The number of hydrogen-bond acceptors (Lipinski definition) is 4. The minimum absolute atomic E-state index is 0.0257. The van der Waals surface area contributed by atoms with E-state index in [1.54, 1.807) is 0 Å². The summed E-state index contributed by atoms with van der Waals surface area (Å²) in [7, 11) is 0. The molecular formula is C15H20N2O4. The Morgan fingerprint density at radius 1 is 1.33 bits per heavy atom. The van der Waals surface area contributed by atoms with Crippen molar-refractivity contribution in [3.63, 3.8) is 0 Å². The van der Waals surface area contributed by atoms with Crippen molar-refractivity contribution in [1.29, 1.82) is 0 Å². The summed E-state index contributed by atoms with van der Waals surface area (Å²) in [6.07, 6.45) is -0.361. The highest BCUT2D eigenvalue weighted by atomic mass is 16.5. The van der Waals surface area contributed by atoms with Gasteiger partial charge in [0.25, 0.3) is 0 Å². The van der Waals surface area contributed by atoms with Gasteiger partial charge >= 0.3 is 5.97 Å². The van der Waals surface area contributed by atoms with E-state index >= 15 is 0 Å². The predicted molar refractivity (Wildman–Crippen MR) is 76.7 cm³/mol. The Kier molecular flexibility index (Phi) is 5.71. The molecule has 1 aromatic carbocycles. The number of carboxylic acid groups (broad SMARTS) is 1. The molecule has 1 unspecified atom stereocenters. The topological polar surface area (TPSA) is 78.9 Å². The van der Waals surface area contributed by atoms with Crippen LogP contribution in [0.3, 0.4) is 0 Å². The molecule has 1 fully saturated rings. The van der Waals surface area contributed by atoms with Gasteiger partial charge in [0.1, 0.15) is 0 Å². The Balaban J connectivity index is 1.73. The van der Waals surface area contributed by atoms with E-state index < -0.39 is 5.97 Å². The predicted octanol–water partition coefficient (Wildman–Crippen LogP) is 0.478. The second kappa shape index (κ2) is 7.75. The molecule has 1 atom stereocenters. The summed E-state index contributed by atoms with van der Waals surface area (Å²) in [6, 6.07) is 9.71. The van der Waals surface area contributed by atoms with Gasteiger partial charge in [-0.15, -0.1) is 0 Å². The van der Waals surface area contributed by atoms with Gasteiger partial charge in [-0.2, -0.15) is 0 Å². The van der Waals surface area contributed by atoms with Gasteiger partial charge in [0.2, 0.25) is 5.91 Å². The van der Waals surface area contributed by atoms with Crippen LogP contribution in [0.4, 0.5) is 0 Å². The third-order valence-electron chi connectivity index (χ3n) is 3.32. The molecule has 21 heavy (non-hydrogen) atoms. The van der Waals surface area contributed by atoms with E-state index in [0.29, 0.717) is 26.2 Å². The second-order valence-electron chi connectivity index (χ2n) is 5.09. The van der Waals surface area contributed by atoms with Crippen molar-refractivity contribution in [1.82, 2.24) is 10.2 Å². The van der Waals surface area contributed by atoms with Crippen molar-refractivity contribution in [2.45, 2.75) is 19.1 Å². The molecule has 6 nitrogen and oxygen atoms in total. The van der Waals surface area contributed by atoms with Crippen LogP contribution in [0.15, 0.2) is 30.3 Å². The molecule has 1 aromatic rings. The fourth-order valence-electron chi connectivity index (χ4n) is 2.30. The number of aliphatic carboxylic acids is 1. The highest BCUT2D eigenvalue weighted by molar-refractivity contribution is 5.78. The lowest BCUT2D eigenvalue weighted by Gasteiger charge is -2.31. The number of hydrogen-bond donors (Lipinski definition) is 2. The zero-order chi connectivity index (χ0) is 15.1. The standard InChI is InChI=1S/C15H20N2O4/c18-14(16-9-12-4-2-1-3-5-12)11-17-6-7-21-13(10-17)8-15(19)20/h1-5,13H,6-11H2,(H,16,18)(H,19,20). The molecule has 0 radical (unpaired) electrons. The monoisotopic (exact) mass is 292 g/mol. The SMILES string of the molecule is O=C(O)CC1CN(CC(=O)NCc2ccccc2)CCO1. The highest BCUT2D eigenvalue weighted by Gasteiger charge is 2.23. The molecule has 1 saturated heterocycles. The Bertz CT molecular complexity index is 478. The molecule has 1 heterocycles. The zero-order valence-electron chi connectivity index (χ0n) is 11.8. The van der Waals surface area contributed by atoms with Gasteiger partial charge in [-0.3, -0.25) is 14.5 Å². The first-order valence-corrected chi connectivity index (χ1v) is 7.00. The van der Waals surface area contributed by atoms with Gasteiger partial charge in [0, 0.05) is 19.6 Å². The number of nitrogens with zero attached hydrogens (tertiary/aromatic N) is 1. The Labute approximate surface area is 123 Å². The summed E-state index contributed by atoms with van der Waals surface area (Å²) in [5.41, 5.74) is 1.05. The largest absolute Gasteiger partial charge is 0.481 e. The summed E-state index contributed by atoms with van der Waals surface area (Å²) < 4.78 is 5.38. The van der Waals surface area contributed by atoms with Crippen molar-refractivity contribution in [2.24, 2.45) is 0 Å². The number of carboxylic acids is 1. The normalized spacial score (nSPS) is 19.1. The van der Waals surface area contributed by atoms with Gasteiger partial charge in [-0.1, -0.05) is 30.3 Å². The molecule has 0 aliphatic carbocycles. The smallest absolute Gasteiger partial charge is 0.306 e. The van der Waals surface area contributed by atoms with Crippen LogP contribution in [0.5, 0.6) is 0 Å². The van der Waals surface area contributed by atoms with Crippen LogP contribution < -0.4 is 5.32 Å². The van der Waals surface area contributed by atoms with Crippen LogP contribution in [0.2, 0.25) is 0 Å². The zero-order valence-corrected chi connectivity index (χ0v) is 11.8. The molecule has 1 aliphatic rings. The molecule has 2 rings (SSSR count). The van der Waals surface area contributed by atoms with Crippen molar-refractivity contribution >= 4 is 11.9 Å². The van der Waals surface area contributed by atoms with Crippen molar-refractivity contribution in [2.75, 3.05) is 26.2 Å². The van der Waals surface area contributed by atoms with E-state index in [1.807, 2.05) is 35.2 Å². The summed E-state index contributed by atoms with van der Waals surface area (Å²) in [4.78, 5) is 24.5. The summed E-state index contributed by atoms with van der Waals surface area (Å²) >= 11 is 0. The average molecular weight is 292 g/mol. The summed E-state index contributed by atoms with van der Waals surface area (Å²) in [6.45, 7) is 2.36. The third-order valence-corrected chi connectivity index (χ3v) is 3.32. The average Bonchev–Trinajstić information content (AvgIpc) is 2.46. The molecular weight excluding hydrogens is 272 g/mol. The minimum Gasteiger partial charge on any atom is -0.481 e. The first-order chi connectivity index (χ1) is 10.1. The number of amides is 1. The van der Waals surface area contributed by atoms with Gasteiger partial charge < -0.3 is 15.2 Å². The first kappa shape index (κ1) is 15.5. The van der Waals surface area contributed by atoms with Gasteiger partial charge in [0.05, 0.1) is 25.7 Å². The third kappa shape index (κ3) is 5.53. The number of nitrogens with one attached hydrogen (secondary N) is 1. The summed E-state index contributed by atoms with van der Waals surface area (Å²) in [5, 5.41) is 11.6. The maximum Gasteiger partial charge on any atom is 0.306 e. The van der Waals surface area contributed by atoms with Crippen molar-refractivity contribution in [3.05, 3.63) is 35.9 Å². The second-order valence-corrected chi connectivity index (χ2v) is 5.09. The maximum absolute atomic E-state index is 11.9. The van der Waals surface area contributed by atoms with Crippen LogP contribution >= 0.6 is 0 Å². The van der Waals surface area contributed by atoms with Crippen LogP contribution in [-0.2, 0) is 20.9 Å². The van der Waals surface area contributed by atoms with E-state index in [4.69, 9.17) is 9.84 Å². The molecule has 6 heteroatoms.